The third kappa shape index (κ3) is 1.58. The summed E-state index contributed by atoms with van der Waals surface area (Å²) in [7, 11) is 0. The van der Waals surface area contributed by atoms with Crippen molar-refractivity contribution in [3.05, 3.63) is 9.66 Å². The molecule has 44 valence electrons. The van der Waals surface area contributed by atoms with Gasteiger partial charge in [-0.15, -0.1) is 0 Å². The van der Waals surface area contributed by atoms with Crippen molar-refractivity contribution in [2.24, 2.45) is 0 Å². The van der Waals surface area contributed by atoms with Crippen LogP contribution in [0.2, 0.25) is 0 Å². The van der Waals surface area contributed by atoms with Crippen molar-refractivity contribution in [1.82, 2.24) is 0 Å². The van der Waals surface area contributed by atoms with E-state index in [1.54, 1.807) is 6.08 Å². The highest BCUT2D eigenvalue weighted by Crippen LogP contribution is 2.19. The van der Waals surface area contributed by atoms with Gasteiger partial charge in [-0.1, -0.05) is 0 Å². The van der Waals surface area contributed by atoms with E-state index in [2.05, 4.69) is 22.6 Å². The van der Waals surface area contributed by atoms with Gasteiger partial charge >= 0.3 is 0 Å². The fraction of sp³-hybridized carbons (Fsp3) is 0.500. The summed E-state index contributed by atoms with van der Waals surface area (Å²) in [6, 6.07) is 0. The third-order valence-corrected chi connectivity index (χ3v) is 2.01. The number of hydrogen-bond donors (Lipinski definition) is 0. The van der Waals surface area contributed by atoms with Crippen molar-refractivity contribution in [2.45, 2.75) is 19.3 Å². The lowest BCUT2D eigenvalue weighted by Gasteiger charge is -2.03. The number of carbonyl (C=O) groups excluding carboxylic acids is 1. The molecule has 2 heteroatoms. The second kappa shape index (κ2) is 2.62. The van der Waals surface area contributed by atoms with E-state index in [-0.39, 0.29) is 0 Å². The van der Waals surface area contributed by atoms with Gasteiger partial charge in [0.05, 0.1) is 0 Å². The van der Waals surface area contributed by atoms with Gasteiger partial charge < -0.3 is 0 Å². The van der Waals surface area contributed by atoms with Gasteiger partial charge in [-0.3, -0.25) is 4.79 Å². The first kappa shape index (κ1) is 6.26. The van der Waals surface area contributed by atoms with Crippen LogP contribution in [0.3, 0.4) is 0 Å². The molecular weight excluding hydrogens is 215 g/mol. The monoisotopic (exact) mass is 222 g/mol. The fourth-order valence-corrected chi connectivity index (χ4v) is 1.48. The molecule has 1 aliphatic rings. The summed E-state index contributed by atoms with van der Waals surface area (Å²) in [5.41, 5.74) is 0. The van der Waals surface area contributed by atoms with E-state index in [1.807, 2.05) is 0 Å². The van der Waals surface area contributed by atoms with Gasteiger partial charge in [-0.2, -0.15) is 0 Å². The lowest BCUT2D eigenvalue weighted by Crippen LogP contribution is -1.98. The number of hydrogen-bond acceptors (Lipinski definition) is 1. The summed E-state index contributed by atoms with van der Waals surface area (Å²) in [6.07, 6.45) is 4.65. The zero-order chi connectivity index (χ0) is 5.98. The largest absolute Gasteiger partial charge is 0.295 e. The zero-order valence-corrected chi connectivity index (χ0v) is 6.64. The van der Waals surface area contributed by atoms with Crippen molar-refractivity contribution < 1.29 is 4.79 Å². The molecular formula is C6H7IO. The maximum Gasteiger partial charge on any atom is 0.156 e. The lowest BCUT2D eigenvalue weighted by molar-refractivity contribution is -0.114. The van der Waals surface area contributed by atoms with Gasteiger partial charge in [0.1, 0.15) is 0 Å². The van der Waals surface area contributed by atoms with Gasteiger partial charge in [-0.25, -0.2) is 0 Å². The Morgan fingerprint density at radius 3 is 2.62 bits per heavy atom. The smallest absolute Gasteiger partial charge is 0.156 e. The van der Waals surface area contributed by atoms with Crippen molar-refractivity contribution in [3.8, 4) is 0 Å². The number of allylic oxidation sites excluding steroid dienone is 2. The highest BCUT2D eigenvalue weighted by atomic mass is 127. The fourth-order valence-electron chi connectivity index (χ4n) is 0.751. The minimum absolute atomic E-state index is 0.292. The molecule has 1 rings (SSSR count). The Morgan fingerprint density at radius 1 is 1.50 bits per heavy atom. The molecule has 8 heavy (non-hydrogen) atoms. The van der Waals surface area contributed by atoms with Crippen LogP contribution in [0.4, 0.5) is 0 Å². The maximum atomic E-state index is 10.6. The van der Waals surface area contributed by atoms with Crippen LogP contribution in [0.5, 0.6) is 0 Å². The van der Waals surface area contributed by atoms with Crippen LogP contribution in [0.25, 0.3) is 0 Å². The molecule has 0 aromatic rings. The Labute approximate surface area is 62.3 Å². The predicted octanol–water partition coefficient (Wildman–Crippen LogP) is 2.06. The molecule has 0 amide bonds. The van der Waals surface area contributed by atoms with Crippen LogP contribution >= 0.6 is 22.6 Å². The summed E-state index contributed by atoms with van der Waals surface area (Å²) >= 11 is 2.21. The first-order valence-electron chi connectivity index (χ1n) is 2.68. The van der Waals surface area contributed by atoms with Crippen LogP contribution in [0, 0.1) is 0 Å². The van der Waals surface area contributed by atoms with E-state index in [9.17, 15) is 4.79 Å². The first-order valence-corrected chi connectivity index (χ1v) is 3.76. The topological polar surface area (TPSA) is 17.1 Å². The minimum Gasteiger partial charge on any atom is -0.295 e. The number of ketones is 1. The van der Waals surface area contributed by atoms with Crippen LogP contribution < -0.4 is 0 Å². The molecule has 0 atom stereocenters. The number of carbonyl (C=O) groups is 1. The molecule has 0 aliphatic heterocycles. The van der Waals surface area contributed by atoms with Crippen LogP contribution in [-0.2, 0) is 4.79 Å². The zero-order valence-electron chi connectivity index (χ0n) is 4.48. The maximum absolute atomic E-state index is 10.6. The van der Waals surface area contributed by atoms with E-state index >= 15 is 0 Å². The quantitative estimate of drug-likeness (QED) is 0.573. The Morgan fingerprint density at radius 2 is 2.25 bits per heavy atom. The Bertz CT molecular complexity index is 137. The molecule has 0 saturated carbocycles. The first-order chi connectivity index (χ1) is 3.79. The molecule has 0 aromatic carbocycles. The van der Waals surface area contributed by atoms with Gasteiger partial charge in [0.15, 0.2) is 5.78 Å². The van der Waals surface area contributed by atoms with Crippen molar-refractivity contribution in [1.29, 1.82) is 0 Å². The molecule has 0 aromatic heterocycles. The van der Waals surface area contributed by atoms with E-state index < -0.39 is 0 Å². The standard InChI is InChI=1S/C6H7IO/c7-5-2-1-3-6(8)4-5/h4H,1-3H2. The van der Waals surface area contributed by atoms with Crippen molar-refractivity contribution in [3.63, 3.8) is 0 Å². The molecule has 0 heterocycles. The summed E-state index contributed by atoms with van der Waals surface area (Å²) in [5.74, 6) is 0.292. The molecule has 0 fully saturated rings. The van der Waals surface area contributed by atoms with Crippen LogP contribution in [0.1, 0.15) is 19.3 Å². The molecule has 0 N–H and O–H groups in total. The van der Waals surface area contributed by atoms with Crippen LogP contribution in [0.15, 0.2) is 9.66 Å². The van der Waals surface area contributed by atoms with E-state index in [1.165, 1.54) is 3.58 Å². The number of rotatable bonds is 0. The van der Waals surface area contributed by atoms with Gasteiger partial charge in [0.2, 0.25) is 0 Å². The molecule has 0 bridgehead atoms. The number of halogens is 1. The van der Waals surface area contributed by atoms with Gasteiger partial charge in [-0.05, 0) is 45.1 Å². The Kier molecular flexibility index (Phi) is 2.05. The normalized spacial score (nSPS) is 20.6. The van der Waals surface area contributed by atoms with Crippen molar-refractivity contribution >= 4 is 28.4 Å². The predicted molar refractivity (Wildman–Crippen MR) is 41.0 cm³/mol. The van der Waals surface area contributed by atoms with E-state index in [0.717, 1.165) is 19.3 Å². The molecule has 0 spiro atoms. The van der Waals surface area contributed by atoms with E-state index in [0.29, 0.717) is 5.78 Å². The highest BCUT2D eigenvalue weighted by Gasteiger charge is 2.05. The summed E-state index contributed by atoms with van der Waals surface area (Å²) < 4.78 is 1.21. The summed E-state index contributed by atoms with van der Waals surface area (Å²) in [4.78, 5) is 10.6. The lowest BCUT2D eigenvalue weighted by atomic mass is 10.1. The summed E-state index contributed by atoms with van der Waals surface area (Å²) in [5, 5.41) is 0. The highest BCUT2D eigenvalue weighted by molar-refractivity contribution is 14.1. The molecule has 0 unspecified atom stereocenters. The average Bonchev–Trinajstić information content (AvgIpc) is 1.64. The van der Waals surface area contributed by atoms with Crippen LogP contribution in [-0.4, -0.2) is 5.78 Å². The van der Waals surface area contributed by atoms with Gasteiger partial charge in [0, 0.05) is 6.42 Å². The third-order valence-electron chi connectivity index (χ3n) is 1.16. The van der Waals surface area contributed by atoms with E-state index in [4.69, 9.17) is 0 Å². The Balaban J connectivity index is 2.64. The second-order valence-corrected chi connectivity index (χ2v) is 3.30. The Hall–Kier alpha value is 0.140. The second-order valence-electron chi connectivity index (χ2n) is 1.91. The minimum atomic E-state index is 0.292. The SMILES string of the molecule is O=C1C=C(I)CCC1. The molecule has 0 radical (unpaired) electrons. The molecule has 0 saturated heterocycles. The van der Waals surface area contributed by atoms with Gasteiger partial charge in [0.25, 0.3) is 0 Å². The average molecular weight is 222 g/mol. The summed E-state index contributed by atoms with van der Waals surface area (Å²) in [6.45, 7) is 0. The van der Waals surface area contributed by atoms with Crippen molar-refractivity contribution in [2.75, 3.05) is 0 Å². The molecule has 1 aliphatic carbocycles. The molecule has 1 nitrogen and oxygen atoms in total.